The van der Waals surface area contributed by atoms with Crippen LogP contribution < -0.4 is 0 Å². The van der Waals surface area contributed by atoms with Crippen molar-refractivity contribution in [2.45, 2.75) is 18.9 Å². The molecule has 108 valence electrons. The monoisotopic (exact) mass is 279 g/mol. The van der Waals surface area contributed by atoms with Crippen LogP contribution in [0.4, 0.5) is 0 Å². The zero-order chi connectivity index (χ0) is 14.7. The molecule has 0 spiro atoms. The summed E-state index contributed by atoms with van der Waals surface area (Å²) in [4.78, 5) is 11.7. The van der Waals surface area contributed by atoms with Crippen molar-refractivity contribution in [3.63, 3.8) is 0 Å². The molecule has 0 bridgehead atoms. The summed E-state index contributed by atoms with van der Waals surface area (Å²) < 4.78 is 0. The van der Waals surface area contributed by atoms with Gasteiger partial charge < -0.3 is 4.90 Å². The topological polar surface area (TPSA) is 28.5 Å². The van der Waals surface area contributed by atoms with Crippen molar-refractivity contribution in [2.75, 3.05) is 20.6 Å². The van der Waals surface area contributed by atoms with Gasteiger partial charge in [-0.1, -0.05) is 30.3 Å². The lowest BCUT2D eigenvalue weighted by atomic mass is 9.91. The zero-order valence-corrected chi connectivity index (χ0v) is 12.7. The molecule has 2 heterocycles. The van der Waals surface area contributed by atoms with Gasteiger partial charge in [0.1, 0.15) is 0 Å². The highest BCUT2D eigenvalue weighted by Crippen LogP contribution is 2.24. The Morgan fingerprint density at radius 1 is 1.10 bits per heavy atom. The number of hydrogen-bond acceptors (Lipinski definition) is 3. The molecule has 1 aromatic carbocycles. The SMILES string of the molecule is CN(C)CCC1Cc2ccccc2C(c2ccccn2)=N1. The second-order valence-electron chi connectivity index (χ2n) is 5.80. The molecule has 3 heteroatoms. The van der Waals surface area contributed by atoms with Crippen LogP contribution in [0.15, 0.2) is 53.7 Å². The summed E-state index contributed by atoms with van der Waals surface area (Å²) >= 11 is 0. The van der Waals surface area contributed by atoms with Crippen LogP contribution in [-0.2, 0) is 6.42 Å². The van der Waals surface area contributed by atoms with Gasteiger partial charge in [-0.2, -0.15) is 0 Å². The van der Waals surface area contributed by atoms with Crippen LogP contribution in [0.1, 0.15) is 23.2 Å². The van der Waals surface area contributed by atoms with Crippen molar-refractivity contribution in [3.05, 3.63) is 65.5 Å². The Kier molecular flexibility index (Phi) is 4.11. The second-order valence-corrected chi connectivity index (χ2v) is 5.80. The average molecular weight is 279 g/mol. The Morgan fingerprint density at radius 3 is 2.67 bits per heavy atom. The van der Waals surface area contributed by atoms with Gasteiger partial charge in [0, 0.05) is 11.8 Å². The number of aromatic nitrogens is 1. The molecule has 3 nitrogen and oxygen atoms in total. The normalized spacial score (nSPS) is 17.5. The number of benzene rings is 1. The fourth-order valence-corrected chi connectivity index (χ4v) is 2.76. The summed E-state index contributed by atoms with van der Waals surface area (Å²) in [5.74, 6) is 0. The largest absolute Gasteiger partial charge is 0.309 e. The summed E-state index contributed by atoms with van der Waals surface area (Å²) in [6, 6.07) is 14.9. The third kappa shape index (κ3) is 3.19. The summed E-state index contributed by atoms with van der Waals surface area (Å²) in [7, 11) is 4.22. The molecule has 0 fully saturated rings. The van der Waals surface area contributed by atoms with Crippen LogP contribution in [0, 0.1) is 0 Å². The fraction of sp³-hybridized carbons (Fsp3) is 0.333. The zero-order valence-electron chi connectivity index (χ0n) is 12.7. The Balaban J connectivity index is 1.96. The molecule has 1 aliphatic rings. The first-order chi connectivity index (χ1) is 10.2. The van der Waals surface area contributed by atoms with Crippen molar-refractivity contribution in [3.8, 4) is 0 Å². The molecule has 3 rings (SSSR count). The number of fused-ring (bicyclic) bond motifs is 1. The van der Waals surface area contributed by atoms with Gasteiger partial charge in [-0.3, -0.25) is 9.98 Å². The number of pyridine rings is 1. The quantitative estimate of drug-likeness (QED) is 0.861. The van der Waals surface area contributed by atoms with E-state index in [4.69, 9.17) is 4.99 Å². The summed E-state index contributed by atoms with van der Waals surface area (Å²) in [5, 5.41) is 0. The second kappa shape index (κ2) is 6.19. The lowest BCUT2D eigenvalue weighted by molar-refractivity contribution is 0.379. The van der Waals surface area contributed by atoms with Gasteiger partial charge in [-0.15, -0.1) is 0 Å². The van der Waals surface area contributed by atoms with E-state index in [1.54, 1.807) is 0 Å². The Bertz CT molecular complexity index is 632. The molecule has 0 radical (unpaired) electrons. The molecule has 1 aromatic heterocycles. The summed E-state index contributed by atoms with van der Waals surface area (Å²) in [5.41, 5.74) is 4.63. The van der Waals surface area contributed by atoms with Gasteiger partial charge >= 0.3 is 0 Å². The highest BCUT2D eigenvalue weighted by atomic mass is 15.1. The molecule has 0 saturated carbocycles. The van der Waals surface area contributed by atoms with Gasteiger partial charge in [0.25, 0.3) is 0 Å². The number of hydrogen-bond donors (Lipinski definition) is 0. The Hall–Kier alpha value is -2.00. The van der Waals surface area contributed by atoms with Crippen LogP contribution in [0.2, 0.25) is 0 Å². The number of rotatable bonds is 4. The van der Waals surface area contributed by atoms with E-state index in [0.717, 1.165) is 30.8 Å². The molecular weight excluding hydrogens is 258 g/mol. The first-order valence-electron chi connectivity index (χ1n) is 7.46. The number of nitrogens with zero attached hydrogens (tertiary/aromatic N) is 3. The van der Waals surface area contributed by atoms with E-state index in [9.17, 15) is 0 Å². The van der Waals surface area contributed by atoms with Gasteiger partial charge in [0.15, 0.2) is 0 Å². The minimum Gasteiger partial charge on any atom is -0.309 e. The average Bonchev–Trinajstić information content (AvgIpc) is 2.53. The molecule has 1 atom stereocenters. The highest BCUT2D eigenvalue weighted by molar-refractivity contribution is 6.13. The summed E-state index contributed by atoms with van der Waals surface area (Å²) in [6.07, 6.45) is 3.95. The molecular formula is C18H21N3. The standard InChI is InChI=1S/C18H21N3/c1-21(2)12-10-15-13-14-7-3-4-8-16(14)18(20-15)17-9-5-6-11-19-17/h3-9,11,15H,10,12-13H2,1-2H3. The highest BCUT2D eigenvalue weighted by Gasteiger charge is 2.22. The number of aliphatic imine (C=N–C) groups is 1. The Labute approximate surface area is 126 Å². The van der Waals surface area contributed by atoms with Crippen molar-refractivity contribution < 1.29 is 0 Å². The van der Waals surface area contributed by atoms with Crippen LogP contribution >= 0.6 is 0 Å². The van der Waals surface area contributed by atoms with E-state index in [1.165, 1.54) is 11.1 Å². The van der Waals surface area contributed by atoms with Crippen LogP contribution in [0.25, 0.3) is 0 Å². The predicted octanol–water partition coefficient (Wildman–Crippen LogP) is 2.80. The first-order valence-corrected chi connectivity index (χ1v) is 7.46. The molecule has 0 N–H and O–H groups in total. The van der Waals surface area contributed by atoms with Crippen molar-refractivity contribution >= 4 is 5.71 Å². The van der Waals surface area contributed by atoms with Gasteiger partial charge in [-0.05, 0) is 51.2 Å². The maximum Gasteiger partial charge on any atom is 0.0909 e. The fourth-order valence-electron chi connectivity index (χ4n) is 2.76. The molecule has 0 saturated heterocycles. The smallest absolute Gasteiger partial charge is 0.0909 e. The van der Waals surface area contributed by atoms with Gasteiger partial charge in [0.2, 0.25) is 0 Å². The maximum atomic E-state index is 4.99. The van der Waals surface area contributed by atoms with Crippen LogP contribution in [-0.4, -0.2) is 42.3 Å². The van der Waals surface area contributed by atoms with E-state index >= 15 is 0 Å². The van der Waals surface area contributed by atoms with E-state index in [0.29, 0.717) is 6.04 Å². The molecule has 1 aliphatic heterocycles. The van der Waals surface area contributed by atoms with Crippen LogP contribution in [0.3, 0.4) is 0 Å². The third-order valence-electron chi connectivity index (χ3n) is 3.86. The van der Waals surface area contributed by atoms with Crippen molar-refractivity contribution in [1.29, 1.82) is 0 Å². The van der Waals surface area contributed by atoms with Gasteiger partial charge in [-0.25, -0.2) is 0 Å². The molecule has 1 unspecified atom stereocenters. The van der Waals surface area contributed by atoms with Crippen molar-refractivity contribution in [2.24, 2.45) is 4.99 Å². The lowest BCUT2D eigenvalue weighted by Crippen LogP contribution is -2.26. The molecule has 0 amide bonds. The van der Waals surface area contributed by atoms with E-state index in [-0.39, 0.29) is 0 Å². The minimum absolute atomic E-state index is 0.347. The van der Waals surface area contributed by atoms with E-state index < -0.39 is 0 Å². The molecule has 21 heavy (non-hydrogen) atoms. The minimum atomic E-state index is 0.347. The summed E-state index contributed by atoms with van der Waals surface area (Å²) in [6.45, 7) is 1.06. The van der Waals surface area contributed by atoms with E-state index in [2.05, 4.69) is 48.2 Å². The predicted molar refractivity (Wildman–Crippen MR) is 87.0 cm³/mol. The Morgan fingerprint density at radius 2 is 1.90 bits per heavy atom. The van der Waals surface area contributed by atoms with Gasteiger partial charge in [0.05, 0.1) is 17.4 Å². The third-order valence-corrected chi connectivity index (χ3v) is 3.86. The van der Waals surface area contributed by atoms with Crippen molar-refractivity contribution in [1.82, 2.24) is 9.88 Å². The van der Waals surface area contributed by atoms with Crippen LogP contribution in [0.5, 0.6) is 0 Å². The maximum absolute atomic E-state index is 4.99. The molecule has 0 aliphatic carbocycles. The first kappa shape index (κ1) is 14.0. The van der Waals surface area contributed by atoms with E-state index in [1.807, 2.05) is 24.4 Å². The lowest BCUT2D eigenvalue weighted by Gasteiger charge is -2.24. The molecule has 2 aromatic rings.